The number of carboxylic acid groups (broad SMARTS) is 1. The molecule has 16 heavy (non-hydrogen) atoms. The van der Waals surface area contributed by atoms with Crippen LogP contribution in [-0.4, -0.2) is 17.0 Å². The lowest BCUT2D eigenvalue weighted by Gasteiger charge is -2.01. The van der Waals surface area contributed by atoms with Crippen LogP contribution in [-0.2, 0) is 4.79 Å². The summed E-state index contributed by atoms with van der Waals surface area (Å²) in [5.41, 5.74) is 0.670. The van der Waals surface area contributed by atoms with Gasteiger partial charge in [0.25, 0.3) is 5.91 Å². The van der Waals surface area contributed by atoms with Gasteiger partial charge in [-0.05, 0) is 18.6 Å². The number of carboxylic acids is 1. The molecule has 1 amide bonds. The molecule has 0 saturated carbocycles. The van der Waals surface area contributed by atoms with Crippen LogP contribution in [0, 0.1) is 0 Å². The quantitative estimate of drug-likeness (QED) is 0.759. The molecule has 0 bridgehead atoms. The van der Waals surface area contributed by atoms with Crippen molar-refractivity contribution in [3.05, 3.63) is 47.7 Å². The van der Waals surface area contributed by atoms with E-state index in [9.17, 15) is 9.59 Å². The summed E-state index contributed by atoms with van der Waals surface area (Å²) in [6.07, 6.45) is 1.60. The monoisotopic (exact) mass is 219 g/mol. The maximum atomic E-state index is 11.5. The summed E-state index contributed by atoms with van der Waals surface area (Å²) in [7, 11) is 0. The molecule has 0 aliphatic carbocycles. The van der Waals surface area contributed by atoms with E-state index in [4.69, 9.17) is 5.11 Å². The summed E-state index contributed by atoms with van der Waals surface area (Å²) in [5.74, 6) is -1.33. The molecule has 0 unspecified atom stereocenters. The van der Waals surface area contributed by atoms with Crippen LogP contribution in [0.4, 0.5) is 0 Å². The van der Waals surface area contributed by atoms with Crippen LogP contribution in [0.15, 0.2) is 42.1 Å². The van der Waals surface area contributed by atoms with Crippen LogP contribution in [0.5, 0.6) is 0 Å². The summed E-state index contributed by atoms with van der Waals surface area (Å²) in [4.78, 5) is 22.2. The standard InChI is InChI=1S/C12H13NO3/c1-2-9(12(15)16)8-13-11(14)10-6-4-3-5-7-10/h3-8H,2H2,1H3,(H,13,14)(H,15,16). The molecule has 2 N–H and O–H groups in total. The largest absolute Gasteiger partial charge is 0.478 e. The zero-order valence-electron chi connectivity index (χ0n) is 8.93. The fraction of sp³-hybridized carbons (Fsp3) is 0.167. The van der Waals surface area contributed by atoms with Gasteiger partial charge >= 0.3 is 5.97 Å². The minimum absolute atomic E-state index is 0.171. The Labute approximate surface area is 93.6 Å². The summed E-state index contributed by atoms with van der Waals surface area (Å²) >= 11 is 0. The second-order valence-electron chi connectivity index (χ2n) is 3.17. The third kappa shape index (κ3) is 3.24. The number of carbonyl (C=O) groups is 2. The molecule has 84 valence electrons. The van der Waals surface area contributed by atoms with Gasteiger partial charge in [-0.2, -0.15) is 0 Å². The van der Waals surface area contributed by atoms with Gasteiger partial charge in [-0.1, -0.05) is 25.1 Å². The summed E-state index contributed by atoms with van der Waals surface area (Å²) in [6, 6.07) is 8.62. The van der Waals surface area contributed by atoms with Crippen molar-refractivity contribution in [3.63, 3.8) is 0 Å². The zero-order chi connectivity index (χ0) is 12.0. The Kier molecular flexibility index (Phi) is 4.27. The number of hydrogen-bond donors (Lipinski definition) is 2. The third-order valence-electron chi connectivity index (χ3n) is 2.07. The van der Waals surface area contributed by atoms with Crippen molar-refractivity contribution in [3.8, 4) is 0 Å². The number of benzene rings is 1. The van der Waals surface area contributed by atoms with Crippen molar-refractivity contribution in [1.82, 2.24) is 5.32 Å². The molecule has 1 aromatic carbocycles. The number of amides is 1. The number of carbonyl (C=O) groups excluding carboxylic acids is 1. The Morgan fingerprint density at radius 3 is 2.44 bits per heavy atom. The number of nitrogens with one attached hydrogen (secondary N) is 1. The SMILES string of the molecule is CCC(=CNC(=O)c1ccccc1)C(=O)O. The summed E-state index contributed by atoms with van der Waals surface area (Å²) in [6.45, 7) is 1.72. The predicted octanol–water partition coefficient (Wildman–Crippen LogP) is 1.79. The fourth-order valence-corrected chi connectivity index (χ4v) is 1.14. The summed E-state index contributed by atoms with van der Waals surface area (Å²) < 4.78 is 0. The van der Waals surface area contributed by atoms with E-state index in [1.54, 1.807) is 37.3 Å². The molecule has 1 aromatic rings. The van der Waals surface area contributed by atoms with Crippen molar-refractivity contribution in [2.45, 2.75) is 13.3 Å². The van der Waals surface area contributed by atoms with Gasteiger partial charge in [0, 0.05) is 11.8 Å². The van der Waals surface area contributed by atoms with Crippen molar-refractivity contribution >= 4 is 11.9 Å². The van der Waals surface area contributed by atoms with E-state index in [0.29, 0.717) is 12.0 Å². The first-order valence-electron chi connectivity index (χ1n) is 4.93. The van der Waals surface area contributed by atoms with Gasteiger partial charge in [0.15, 0.2) is 0 Å². The lowest BCUT2D eigenvalue weighted by Crippen LogP contribution is -2.19. The van der Waals surface area contributed by atoms with E-state index in [-0.39, 0.29) is 11.5 Å². The number of rotatable bonds is 4. The maximum absolute atomic E-state index is 11.5. The van der Waals surface area contributed by atoms with Crippen LogP contribution in [0.25, 0.3) is 0 Å². The highest BCUT2D eigenvalue weighted by atomic mass is 16.4. The zero-order valence-corrected chi connectivity index (χ0v) is 8.93. The highest BCUT2D eigenvalue weighted by Gasteiger charge is 2.06. The minimum atomic E-state index is -1.02. The van der Waals surface area contributed by atoms with Gasteiger partial charge < -0.3 is 10.4 Å². The predicted molar refractivity (Wildman–Crippen MR) is 59.9 cm³/mol. The van der Waals surface area contributed by atoms with E-state index in [0.717, 1.165) is 0 Å². The maximum Gasteiger partial charge on any atom is 0.333 e. The molecular formula is C12H13NO3. The average Bonchev–Trinajstić information content (AvgIpc) is 2.30. The Hall–Kier alpha value is -2.10. The van der Waals surface area contributed by atoms with Crippen molar-refractivity contribution in [2.75, 3.05) is 0 Å². The van der Waals surface area contributed by atoms with Crippen LogP contribution in [0.1, 0.15) is 23.7 Å². The molecular weight excluding hydrogens is 206 g/mol. The Morgan fingerprint density at radius 2 is 1.94 bits per heavy atom. The third-order valence-corrected chi connectivity index (χ3v) is 2.07. The highest BCUT2D eigenvalue weighted by molar-refractivity contribution is 5.95. The van der Waals surface area contributed by atoms with Gasteiger partial charge in [0.2, 0.25) is 0 Å². The Morgan fingerprint density at radius 1 is 1.31 bits per heavy atom. The molecule has 0 saturated heterocycles. The Balaban J connectivity index is 2.69. The molecule has 0 aromatic heterocycles. The smallest absolute Gasteiger partial charge is 0.333 e. The first-order valence-corrected chi connectivity index (χ1v) is 4.93. The molecule has 0 radical (unpaired) electrons. The topological polar surface area (TPSA) is 66.4 Å². The van der Waals surface area contributed by atoms with E-state index in [1.165, 1.54) is 6.20 Å². The second-order valence-corrected chi connectivity index (χ2v) is 3.17. The number of aliphatic carboxylic acids is 1. The first-order chi connectivity index (χ1) is 7.65. The normalized spacial score (nSPS) is 10.9. The molecule has 0 heterocycles. The van der Waals surface area contributed by atoms with Gasteiger partial charge in [-0.25, -0.2) is 4.79 Å². The molecule has 1 rings (SSSR count). The van der Waals surface area contributed by atoms with E-state index in [2.05, 4.69) is 5.32 Å². The van der Waals surface area contributed by atoms with Crippen LogP contribution in [0.3, 0.4) is 0 Å². The Bertz CT molecular complexity index is 410. The van der Waals surface area contributed by atoms with Crippen molar-refractivity contribution in [1.29, 1.82) is 0 Å². The lowest BCUT2D eigenvalue weighted by molar-refractivity contribution is -0.132. The van der Waals surface area contributed by atoms with Gasteiger partial charge in [-0.3, -0.25) is 4.79 Å². The molecule has 0 fully saturated rings. The molecule has 4 heteroatoms. The molecule has 0 aliphatic heterocycles. The van der Waals surface area contributed by atoms with E-state index in [1.807, 2.05) is 0 Å². The lowest BCUT2D eigenvalue weighted by atomic mass is 10.2. The second kappa shape index (κ2) is 5.70. The van der Waals surface area contributed by atoms with Crippen molar-refractivity contribution in [2.24, 2.45) is 0 Å². The van der Waals surface area contributed by atoms with E-state index >= 15 is 0 Å². The van der Waals surface area contributed by atoms with Crippen LogP contribution < -0.4 is 5.32 Å². The van der Waals surface area contributed by atoms with Gasteiger partial charge in [-0.15, -0.1) is 0 Å². The van der Waals surface area contributed by atoms with Gasteiger partial charge in [0.05, 0.1) is 5.57 Å². The van der Waals surface area contributed by atoms with Crippen LogP contribution in [0.2, 0.25) is 0 Å². The molecule has 0 spiro atoms. The van der Waals surface area contributed by atoms with Crippen molar-refractivity contribution < 1.29 is 14.7 Å². The van der Waals surface area contributed by atoms with E-state index < -0.39 is 5.97 Å². The summed E-state index contributed by atoms with van der Waals surface area (Å²) in [5, 5.41) is 11.2. The average molecular weight is 219 g/mol. The number of hydrogen-bond acceptors (Lipinski definition) is 2. The first kappa shape index (κ1) is 12.0. The van der Waals surface area contributed by atoms with Crippen LogP contribution >= 0.6 is 0 Å². The molecule has 4 nitrogen and oxygen atoms in total. The molecule has 0 aliphatic rings. The highest BCUT2D eigenvalue weighted by Crippen LogP contribution is 2.01. The minimum Gasteiger partial charge on any atom is -0.478 e. The fourth-order valence-electron chi connectivity index (χ4n) is 1.14. The molecule has 0 atom stereocenters. The van der Waals surface area contributed by atoms with Gasteiger partial charge in [0.1, 0.15) is 0 Å².